The van der Waals surface area contributed by atoms with Crippen molar-refractivity contribution in [3.63, 3.8) is 0 Å². The van der Waals surface area contributed by atoms with Crippen LogP contribution in [0, 0.1) is 0 Å². The van der Waals surface area contributed by atoms with Crippen LogP contribution in [0.2, 0.25) is 0 Å². The highest BCUT2D eigenvalue weighted by atomic mass is 16.7. The molecule has 0 unspecified atom stereocenters. The van der Waals surface area contributed by atoms with Crippen molar-refractivity contribution in [3.05, 3.63) is 59.2 Å². The third kappa shape index (κ3) is 3.27. The smallest absolute Gasteiger partial charge is 0.279 e. The number of guanidine groups is 1. The molecule has 0 aliphatic carbocycles. The molecule has 2 aliphatic rings. The average molecular weight is 327 g/mol. The molecule has 0 spiro atoms. The standard InChI is InChI=1S/C18H21N3O3/c1-3-9-19-18-20-16(17(22)21(18)2)14(15-11-23-12-24-15)10-13-7-5-4-6-8-13/h4-8,11H,3,9-10,12H2,1-2H3,(H,19,20). The third-order valence-electron chi connectivity index (χ3n) is 3.86. The van der Waals surface area contributed by atoms with Gasteiger partial charge >= 0.3 is 0 Å². The Morgan fingerprint density at radius 1 is 1.33 bits per heavy atom. The van der Waals surface area contributed by atoms with Crippen molar-refractivity contribution in [1.82, 2.24) is 10.2 Å². The SMILES string of the molecule is CCCNC1=NC(=C(Cc2ccccc2)C2=COCO2)C(=O)N1C. The van der Waals surface area contributed by atoms with Gasteiger partial charge in [0, 0.05) is 25.6 Å². The van der Waals surface area contributed by atoms with E-state index in [1.54, 1.807) is 13.3 Å². The number of nitrogens with one attached hydrogen (secondary N) is 1. The molecule has 2 aliphatic heterocycles. The lowest BCUT2D eigenvalue weighted by atomic mass is 10.0. The van der Waals surface area contributed by atoms with Gasteiger partial charge in [0.2, 0.25) is 12.8 Å². The molecule has 6 nitrogen and oxygen atoms in total. The number of nitrogens with zero attached hydrogens (tertiary/aromatic N) is 2. The second-order valence-electron chi connectivity index (χ2n) is 5.63. The lowest BCUT2D eigenvalue weighted by Gasteiger charge is -2.13. The van der Waals surface area contributed by atoms with Crippen molar-refractivity contribution in [3.8, 4) is 0 Å². The second kappa shape index (κ2) is 7.21. The first-order valence-electron chi connectivity index (χ1n) is 8.03. The molecule has 1 aromatic carbocycles. The van der Waals surface area contributed by atoms with E-state index in [1.165, 1.54) is 4.90 Å². The Morgan fingerprint density at radius 2 is 2.12 bits per heavy atom. The van der Waals surface area contributed by atoms with E-state index in [1.807, 2.05) is 30.3 Å². The fraction of sp³-hybridized carbons (Fsp3) is 0.333. The molecule has 3 rings (SSSR count). The molecule has 2 heterocycles. The van der Waals surface area contributed by atoms with E-state index in [-0.39, 0.29) is 12.7 Å². The van der Waals surface area contributed by atoms with Gasteiger partial charge in [-0.15, -0.1) is 0 Å². The topological polar surface area (TPSA) is 63.2 Å². The molecule has 0 saturated heterocycles. The molecule has 0 atom stereocenters. The van der Waals surface area contributed by atoms with Crippen LogP contribution in [0.25, 0.3) is 0 Å². The summed E-state index contributed by atoms with van der Waals surface area (Å²) in [5.74, 6) is 0.994. The van der Waals surface area contributed by atoms with E-state index in [0.717, 1.165) is 24.1 Å². The Labute approximate surface area is 141 Å². The van der Waals surface area contributed by atoms with E-state index in [4.69, 9.17) is 9.47 Å². The number of likely N-dealkylation sites (N-methyl/N-ethyl adjacent to an activating group) is 1. The van der Waals surface area contributed by atoms with Crippen molar-refractivity contribution < 1.29 is 14.3 Å². The second-order valence-corrected chi connectivity index (χ2v) is 5.63. The zero-order valence-corrected chi connectivity index (χ0v) is 13.9. The summed E-state index contributed by atoms with van der Waals surface area (Å²) in [5.41, 5.74) is 2.22. The minimum absolute atomic E-state index is 0.143. The van der Waals surface area contributed by atoms with Crippen molar-refractivity contribution >= 4 is 11.9 Å². The van der Waals surface area contributed by atoms with Crippen LogP contribution in [-0.4, -0.2) is 37.2 Å². The first-order valence-corrected chi connectivity index (χ1v) is 8.03. The van der Waals surface area contributed by atoms with Crippen LogP contribution in [0.5, 0.6) is 0 Å². The molecular formula is C18H21N3O3. The Balaban J connectivity index is 1.98. The fourth-order valence-electron chi connectivity index (χ4n) is 2.56. The Hall–Kier alpha value is -2.76. The van der Waals surface area contributed by atoms with Crippen LogP contribution in [-0.2, 0) is 20.7 Å². The maximum atomic E-state index is 12.7. The van der Waals surface area contributed by atoms with Crippen LogP contribution < -0.4 is 5.32 Å². The molecule has 0 aromatic heterocycles. The predicted octanol–water partition coefficient (Wildman–Crippen LogP) is 2.16. The summed E-state index contributed by atoms with van der Waals surface area (Å²) in [6.45, 7) is 2.99. The summed E-state index contributed by atoms with van der Waals surface area (Å²) < 4.78 is 10.7. The van der Waals surface area contributed by atoms with Gasteiger partial charge in [-0.1, -0.05) is 37.3 Å². The third-order valence-corrected chi connectivity index (χ3v) is 3.86. The number of aliphatic imine (C=N–C) groups is 1. The van der Waals surface area contributed by atoms with Gasteiger partial charge in [-0.2, -0.15) is 0 Å². The molecule has 0 radical (unpaired) electrons. The van der Waals surface area contributed by atoms with Gasteiger partial charge in [-0.3, -0.25) is 9.69 Å². The number of rotatable bonds is 5. The normalized spacial score (nSPS) is 18.8. The lowest BCUT2D eigenvalue weighted by Crippen LogP contribution is -2.38. The molecule has 1 N–H and O–H groups in total. The van der Waals surface area contributed by atoms with Gasteiger partial charge in [0.25, 0.3) is 5.91 Å². The Bertz CT molecular complexity index is 707. The minimum atomic E-state index is -0.143. The van der Waals surface area contributed by atoms with Gasteiger partial charge in [0.05, 0.1) is 0 Å². The van der Waals surface area contributed by atoms with E-state index in [2.05, 4.69) is 17.2 Å². The van der Waals surface area contributed by atoms with Crippen LogP contribution in [0.1, 0.15) is 18.9 Å². The number of allylic oxidation sites excluding steroid dienone is 1. The number of hydrogen-bond acceptors (Lipinski definition) is 5. The van der Waals surface area contributed by atoms with E-state index < -0.39 is 0 Å². The Kier molecular flexibility index (Phi) is 4.84. The number of ether oxygens (including phenoxy) is 2. The quantitative estimate of drug-likeness (QED) is 0.842. The van der Waals surface area contributed by atoms with Crippen molar-refractivity contribution in [2.75, 3.05) is 20.4 Å². The summed E-state index contributed by atoms with van der Waals surface area (Å²) in [7, 11) is 1.72. The summed E-state index contributed by atoms with van der Waals surface area (Å²) in [5, 5.41) is 3.18. The first kappa shape index (κ1) is 16.1. The maximum absolute atomic E-state index is 12.7. The molecule has 1 aromatic rings. The van der Waals surface area contributed by atoms with Gasteiger partial charge in [0.1, 0.15) is 12.0 Å². The van der Waals surface area contributed by atoms with Gasteiger partial charge in [-0.25, -0.2) is 4.99 Å². The van der Waals surface area contributed by atoms with Crippen molar-refractivity contribution in [1.29, 1.82) is 0 Å². The summed E-state index contributed by atoms with van der Waals surface area (Å²) in [6, 6.07) is 9.93. The summed E-state index contributed by atoms with van der Waals surface area (Å²) in [4.78, 5) is 18.7. The molecule has 0 bridgehead atoms. The van der Waals surface area contributed by atoms with Crippen molar-refractivity contribution in [2.45, 2.75) is 19.8 Å². The minimum Gasteiger partial charge on any atom is -0.461 e. The molecule has 0 saturated carbocycles. The van der Waals surface area contributed by atoms with Crippen LogP contribution in [0.4, 0.5) is 0 Å². The average Bonchev–Trinajstić information content (AvgIpc) is 3.23. The molecular weight excluding hydrogens is 306 g/mol. The lowest BCUT2D eigenvalue weighted by molar-refractivity contribution is -0.122. The number of carbonyl (C=O) groups excluding carboxylic acids is 1. The van der Waals surface area contributed by atoms with Crippen LogP contribution in [0.3, 0.4) is 0 Å². The molecule has 126 valence electrons. The highest BCUT2D eigenvalue weighted by Crippen LogP contribution is 2.28. The highest BCUT2D eigenvalue weighted by Gasteiger charge is 2.32. The predicted molar refractivity (Wildman–Crippen MR) is 90.8 cm³/mol. The Morgan fingerprint density at radius 3 is 2.79 bits per heavy atom. The number of hydrogen-bond donors (Lipinski definition) is 1. The van der Waals surface area contributed by atoms with E-state index in [9.17, 15) is 4.79 Å². The zero-order chi connectivity index (χ0) is 16.9. The number of benzene rings is 1. The number of carbonyl (C=O) groups is 1. The van der Waals surface area contributed by atoms with Crippen LogP contribution in [0.15, 0.2) is 58.6 Å². The largest absolute Gasteiger partial charge is 0.461 e. The highest BCUT2D eigenvalue weighted by molar-refractivity contribution is 6.12. The zero-order valence-electron chi connectivity index (χ0n) is 13.9. The fourth-order valence-corrected chi connectivity index (χ4v) is 2.56. The van der Waals surface area contributed by atoms with Gasteiger partial charge < -0.3 is 14.8 Å². The van der Waals surface area contributed by atoms with E-state index in [0.29, 0.717) is 23.8 Å². The monoisotopic (exact) mass is 327 g/mol. The molecule has 6 heteroatoms. The van der Waals surface area contributed by atoms with Crippen molar-refractivity contribution in [2.24, 2.45) is 4.99 Å². The molecule has 1 amide bonds. The first-order chi connectivity index (χ1) is 11.7. The molecule has 24 heavy (non-hydrogen) atoms. The van der Waals surface area contributed by atoms with Gasteiger partial charge in [-0.05, 0) is 12.0 Å². The van der Waals surface area contributed by atoms with E-state index >= 15 is 0 Å². The van der Waals surface area contributed by atoms with Gasteiger partial charge in [0.15, 0.2) is 5.76 Å². The van der Waals surface area contributed by atoms with Crippen LogP contribution >= 0.6 is 0 Å². The summed E-state index contributed by atoms with van der Waals surface area (Å²) in [6.07, 6.45) is 3.06. The molecule has 0 fully saturated rings. The summed E-state index contributed by atoms with van der Waals surface area (Å²) >= 11 is 0. The number of amides is 1. The maximum Gasteiger partial charge on any atom is 0.279 e.